The second-order valence-corrected chi connectivity index (χ2v) is 6.60. The van der Waals surface area contributed by atoms with Crippen LogP contribution in [0.4, 0.5) is 0 Å². The third-order valence-electron chi connectivity index (χ3n) is 3.21. The van der Waals surface area contributed by atoms with Crippen LogP contribution in [-0.2, 0) is 13.0 Å². The van der Waals surface area contributed by atoms with Crippen molar-refractivity contribution in [2.45, 2.75) is 32.9 Å². The van der Waals surface area contributed by atoms with Crippen molar-refractivity contribution in [3.8, 4) is 0 Å². The second kappa shape index (κ2) is 11.4. The van der Waals surface area contributed by atoms with Crippen LogP contribution in [0, 0.1) is 6.92 Å². The zero-order chi connectivity index (χ0) is 16.5. The maximum Gasteiger partial charge on any atom is 0.191 e. The van der Waals surface area contributed by atoms with Gasteiger partial charge in [-0.05, 0) is 19.4 Å². The minimum Gasteiger partial charge on any atom is -0.391 e. The van der Waals surface area contributed by atoms with Gasteiger partial charge in [0.05, 0.1) is 12.6 Å². The van der Waals surface area contributed by atoms with E-state index in [-0.39, 0.29) is 24.0 Å². The fraction of sp³-hybridized carbons (Fsp3) is 0.412. The van der Waals surface area contributed by atoms with E-state index < -0.39 is 6.10 Å². The molecule has 132 valence electrons. The molecule has 0 saturated heterocycles. The van der Waals surface area contributed by atoms with E-state index in [1.54, 1.807) is 11.3 Å². The van der Waals surface area contributed by atoms with E-state index in [4.69, 9.17) is 0 Å². The fourth-order valence-corrected chi connectivity index (χ4v) is 2.85. The molecule has 0 aliphatic heterocycles. The van der Waals surface area contributed by atoms with Crippen LogP contribution in [0.25, 0.3) is 0 Å². The van der Waals surface area contributed by atoms with Gasteiger partial charge in [-0.15, -0.1) is 35.3 Å². The van der Waals surface area contributed by atoms with Gasteiger partial charge in [0.2, 0.25) is 0 Å². The smallest absolute Gasteiger partial charge is 0.191 e. The molecule has 1 unspecified atom stereocenters. The third kappa shape index (κ3) is 7.59. The number of benzene rings is 1. The minimum atomic E-state index is -0.455. The van der Waals surface area contributed by atoms with Crippen molar-refractivity contribution in [3.05, 3.63) is 52.0 Å². The van der Waals surface area contributed by atoms with E-state index in [0.717, 1.165) is 17.1 Å². The number of hydrogen-bond acceptors (Lipinski definition) is 4. The van der Waals surface area contributed by atoms with Crippen LogP contribution in [-0.4, -0.2) is 35.2 Å². The van der Waals surface area contributed by atoms with Gasteiger partial charge in [0.1, 0.15) is 5.01 Å². The van der Waals surface area contributed by atoms with Crippen LogP contribution in [0.3, 0.4) is 0 Å². The van der Waals surface area contributed by atoms with Crippen LogP contribution < -0.4 is 10.6 Å². The number of aliphatic imine (C=N–C) groups is 1. The molecular weight excluding hydrogens is 435 g/mol. The molecule has 1 heterocycles. The Morgan fingerprint density at radius 3 is 2.67 bits per heavy atom. The average molecular weight is 460 g/mol. The number of nitrogens with zero attached hydrogens (tertiary/aromatic N) is 2. The van der Waals surface area contributed by atoms with Gasteiger partial charge in [0.25, 0.3) is 0 Å². The standard InChI is InChI=1S/C17H24N4OS.HI/c1-3-18-17(21-12-16-19-10-13(2)23-16)20-11-15(22)9-14-7-5-4-6-8-14;/h4-8,10,15,22H,3,9,11-12H2,1-2H3,(H2,18,20,21);1H. The summed E-state index contributed by atoms with van der Waals surface area (Å²) < 4.78 is 0. The van der Waals surface area contributed by atoms with E-state index in [9.17, 15) is 5.11 Å². The molecule has 2 aromatic rings. The van der Waals surface area contributed by atoms with E-state index in [0.29, 0.717) is 25.5 Å². The number of aliphatic hydroxyl groups excluding tert-OH is 1. The Balaban J connectivity index is 0.00000288. The summed E-state index contributed by atoms with van der Waals surface area (Å²) in [5.74, 6) is 0.701. The first-order valence-corrected chi connectivity index (χ1v) is 8.64. The van der Waals surface area contributed by atoms with Crippen molar-refractivity contribution in [1.29, 1.82) is 0 Å². The second-order valence-electron chi connectivity index (χ2n) is 5.28. The number of guanidine groups is 1. The van der Waals surface area contributed by atoms with Crippen LogP contribution in [0.15, 0.2) is 41.5 Å². The molecule has 0 aliphatic carbocycles. The first-order chi connectivity index (χ1) is 11.2. The highest BCUT2D eigenvalue weighted by molar-refractivity contribution is 14.0. The van der Waals surface area contributed by atoms with Gasteiger partial charge >= 0.3 is 0 Å². The van der Waals surface area contributed by atoms with Crippen LogP contribution >= 0.6 is 35.3 Å². The lowest BCUT2D eigenvalue weighted by Crippen LogP contribution is -2.41. The summed E-state index contributed by atoms with van der Waals surface area (Å²) in [4.78, 5) is 10.00. The lowest BCUT2D eigenvalue weighted by molar-refractivity contribution is 0.177. The topological polar surface area (TPSA) is 69.5 Å². The Bertz CT molecular complexity index is 618. The van der Waals surface area contributed by atoms with Crippen LogP contribution in [0.2, 0.25) is 0 Å². The Morgan fingerprint density at radius 1 is 1.29 bits per heavy atom. The number of rotatable bonds is 7. The number of aromatic nitrogens is 1. The zero-order valence-corrected chi connectivity index (χ0v) is 17.2. The minimum absolute atomic E-state index is 0. The largest absolute Gasteiger partial charge is 0.391 e. The van der Waals surface area contributed by atoms with Gasteiger partial charge in [0, 0.05) is 30.6 Å². The molecule has 0 amide bonds. The van der Waals surface area contributed by atoms with E-state index in [2.05, 4.69) is 20.6 Å². The monoisotopic (exact) mass is 460 g/mol. The van der Waals surface area contributed by atoms with Crippen molar-refractivity contribution < 1.29 is 5.11 Å². The van der Waals surface area contributed by atoms with Gasteiger partial charge in [-0.1, -0.05) is 30.3 Å². The molecule has 0 radical (unpaired) electrons. The highest BCUT2D eigenvalue weighted by atomic mass is 127. The van der Waals surface area contributed by atoms with Crippen LogP contribution in [0.5, 0.6) is 0 Å². The molecule has 0 saturated carbocycles. The summed E-state index contributed by atoms with van der Waals surface area (Å²) in [6, 6.07) is 9.99. The van der Waals surface area contributed by atoms with Gasteiger partial charge in [-0.3, -0.25) is 0 Å². The number of aliphatic hydroxyl groups is 1. The summed E-state index contributed by atoms with van der Waals surface area (Å²) in [6.07, 6.45) is 2.03. The number of nitrogens with one attached hydrogen (secondary N) is 2. The molecule has 0 spiro atoms. The van der Waals surface area contributed by atoms with Crippen molar-refractivity contribution >= 4 is 41.3 Å². The van der Waals surface area contributed by atoms with E-state index in [1.165, 1.54) is 4.88 Å². The SMILES string of the molecule is CCNC(=NCc1ncc(C)s1)NCC(O)Cc1ccccc1.I. The fourth-order valence-electron chi connectivity index (χ4n) is 2.14. The van der Waals surface area contributed by atoms with Gasteiger partial charge in [-0.2, -0.15) is 0 Å². The van der Waals surface area contributed by atoms with Crippen LogP contribution in [0.1, 0.15) is 22.4 Å². The maximum atomic E-state index is 10.2. The molecule has 3 N–H and O–H groups in total. The first kappa shape index (κ1) is 20.9. The predicted octanol–water partition coefficient (Wildman–Crippen LogP) is 2.73. The Labute approximate surface area is 164 Å². The molecule has 2 rings (SSSR count). The maximum absolute atomic E-state index is 10.2. The highest BCUT2D eigenvalue weighted by Crippen LogP contribution is 2.11. The quantitative estimate of drug-likeness (QED) is 0.338. The summed E-state index contributed by atoms with van der Waals surface area (Å²) >= 11 is 1.65. The number of aryl methyl sites for hydroxylation is 1. The number of hydrogen-bond donors (Lipinski definition) is 3. The van der Waals surface area contributed by atoms with Crippen molar-refractivity contribution in [3.63, 3.8) is 0 Å². The average Bonchev–Trinajstić information content (AvgIpc) is 2.96. The molecule has 1 aromatic heterocycles. The lowest BCUT2D eigenvalue weighted by atomic mass is 10.1. The molecule has 7 heteroatoms. The Kier molecular flexibility index (Phi) is 9.89. The Hall–Kier alpha value is -1.19. The van der Waals surface area contributed by atoms with Crippen molar-refractivity contribution in [1.82, 2.24) is 15.6 Å². The van der Waals surface area contributed by atoms with Crippen molar-refractivity contribution in [2.24, 2.45) is 4.99 Å². The molecule has 1 atom stereocenters. The lowest BCUT2D eigenvalue weighted by Gasteiger charge is -2.15. The van der Waals surface area contributed by atoms with E-state index in [1.807, 2.05) is 50.4 Å². The number of thiazole rings is 1. The van der Waals surface area contributed by atoms with Gasteiger partial charge < -0.3 is 15.7 Å². The van der Waals surface area contributed by atoms with Gasteiger partial charge in [0.15, 0.2) is 5.96 Å². The van der Waals surface area contributed by atoms with Crippen molar-refractivity contribution in [2.75, 3.05) is 13.1 Å². The third-order valence-corrected chi connectivity index (χ3v) is 4.10. The summed E-state index contributed by atoms with van der Waals surface area (Å²) in [7, 11) is 0. The summed E-state index contributed by atoms with van der Waals surface area (Å²) in [5, 5.41) is 17.5. The predicted molar refractivity (Wildman–Crippen MR) is 111 cm³/mol. The summed E-state index contributed by atoms with van der Waals surface area (Å²) in [5.41, 5.74) is 1.13. The normalized spacial score (nSPS) is 12.4. The molecular formula is C17H25IN4OS. The van der Waals surface area contributed by atoms with E-state index >= 15 is 0 Å². The number of halogens is 1. The molecule has 1 aromatic carbocycles. The Morgan fingerprint density at radius 2 is 2.04 bits per heavy atom. The molecule has 5 nitrogen and oxygen atoms in total. The molecule has 0 bridgehead atoms. The van der Waals surface area contributed by atoms with Gasteiger partial charge in [-0.25, -0.2) is 9.98 Å². The molecule has 24 heavy (non-hydrogen) atoms. The molecule has 0 aliphatic rings. The highest BCUT2D eigenvalue weighted by Gasteiger charge is 2.07. The summed E-state index contributed by atoms with van der Waals surface area (Å²) in [6.45, 7) is 5.83. The zero-order valence-electron chi connectivity index (χ0n) is 14.0. The first-order valence-electron chi connectivity index (χ1n) is 7.83. The molecule has 0 fully saturated rings.